The number of fused-ring (bicyclic) bond motifs is 1. The van der Waals surface area contributed by atoms with Gasteiger partial charge in [-0.15, -0.1) is 0 Å². The van der Waals surface area contributed by atoms with Crippen LogP contribution in [-0.2, 0) is 20.7 Å². The molecule has 0 aliphatic heterocycles. The highest BCUT2D eigenvalue weighted by atomic mass is 32.2. The Hall–Kier alpha value is -2.41. The Kier molecular flexibility index (Phi) is 8.89. The summed E-state index contributed by atoms with van der Waals surface area (Å²) in [5.41, 5.74) is 2.50. The monoisotopic (exact) mass is 469 g/mol. The molecule has 178 valence electrons. The summed E-state index contributed by atoms with van der Waals surface area (Å²) in [6.45, 7) is 5.27. The van der Waals surface area contributed by atoms with Crippen LogP contribution < -0.4 is 4.74 Å². The molecule has 0 saturated heterocycles. The molecule has 6 heteroatoms. The molecule has 0 saturated carbocycles. The first kappa shape index (κ1) is 25.2. The van der Waals surface area contributed by atoms with Gasteiger partial charge >= 0.3 is 0 Å². The van der Waals surface area contributed by atoms with E-state index >= 15 is 0 Å². The molecule has 0 N–H and O–H groups in total. The molecule has 0 aromatic heterocycles. The average Bonchev–Trinajstić information content (AvgIpc) is 2.83. The van der Waals surface area contributed by atoms with Crippen LogP contribution in [-0.4, -0.2) is 46.7 Å². The predicted octanol–water partition coefficient (Wildman–Crippen LogP) is 5.60. The minimum absolute atomic E-state index is 0.186. The maximum atomic E-state index is 12.2. The fourth-order valence-electron chi connectivity index (χ4n) is 4.28. The first-order valence-electron chi connectivity index (χ1n) is 11.6. The van der Waals surface area contributed by atoms with Crippen molar-refractivity contribution in [3.63, 3.8) is 0 Å². The van der Waals surface area contributed by atoms with Gasteiger partial charge in [0.05, 0.1) is 18.6 Å². The zero-order valence-electron chi connectivity index (χ0n) is 20.1. The second-order valence-corrected chi connectivity index (χ2v) is 10.1. The molecular formula is C27H35NO4S. The SMILES string of the molecule is CCC(CCc1ccc2c(C)c(OC)ccc2c1)N(C)CCCOS(=O)(=O)c1ccccc1. The molecule has 1 unspecified atom stereocenters. The molecule has 0 bridgehead atoms. The van der Waals surface area contributed by atoms with Crippen LogP contribution in [0.4, 0.5) is 0 Å². The molecular weight excluding hydrogens is 434 g/mol. The van der Waals surface area contributed by atoms with Crippen molar-refractivity contribution in [3.8, 4) is 5.75 Å². The fourth-order valence-corrected chi connectivity index (χ4v) is 5.25. The van der Waals surface area contributed by atoms with E-state index in [0.717, 1.165) is 31.6 Å². The summed E-state index contributed by atoms with van der Waals surface area (Å²) in [6, 6.07) is 19.6. The lowest BCUT2D eigenvalue weighted by Gasteiger charge is -2.27. The standard InChI is InChI=1S/C27H35NO4S/c1-5-24(28(3)18-9-19-32-33(29,30)25-10-7-6-8-11-25)15-12-22-13-16-26-21(2)27(31-4)17-14-23(26)20-22/h6-8,10-11,13-14,16-17,20,24H,5,9,12,15,18-19H2,1-4H3. The van der Waals surface area contributed by atoms with Crippen molar-refractivity contribution < 1.29 is 17.3 Å². The summed E-state index contributed by atoms with van der Waals surface area (Å²) in [7, 11) is 0.131. The summed E-state index contributed by atoms with van der Waals surface area (Å²) in [6.07, 6.45) is 3.76. The van der Waals surface area contributed by atoms with Crippen LogP contribution >= 0.6 is 0 Å². The number of nitrogens with zero attached hydrogens (tertiary/aromatic N) is 1. The molecule has 0 radical (unpaired) electrons. The number of methoxy groups -OCH3 is 1. The lowest BCUT2D eigenvalue weighted by atomic mass is 9.98. The fraction of sp³-hybridized carbons (Fsp3) is 0.407. The summed E-state index contributed by atoms with van der Waals surface area (Å²) in [5, 5.41) is 2.47. The van der Waals surface area contributed by atoms with E-state index in [1.165, 1.54) is 21.9 Å². The normalized spacial score (nSPS) is 12.9. The maximum Gasteiger partial charge on any atom is 0.296 e. The second kappa shape index (κ2) is 11.6. The van der Waals surface area contributed by atoms with Crippen molar-refractivity contribution in [2.45, 2.75) is 50.5 Å². The van der Waals surface area contributed by atoms with Gasteiger partial charge in [0, 0.05) is 12.6 Å². The maximum absolute atomic E-state index is 12.2. The van der Waals surface area contributed by atoms with E-state index in [9.17, 15) is 8.42 Å². The molecule has 3 aromatic rings. The number of hydrogen-bond donors (Lipinski definition) is 0. The number of rotatable bonds is 12. The van der Waals surface area contributed by atoms with Gasteiger partial charge in [-0.2, -0.15) is 8.42 Å². The molecule has 33 heavy (non-hydrogen) atoms. The van der Waals surface area contributed by atoms with Crippen molar-refractivity contribution in [2.24, 2.45) is 0 Å². The Morgan fingerprint density at radius 2 is 1.79 bits per heavy atom. The van der Waals surface area contributed by atoms with Crippen LogP contribution in [0.2, 0.25) is 0 Å². The van der Waals surface area contributed by atoms with Crippen LogP contribution in [0.1, 0.15) is 37.3 Å². The van der Waals surface area contributed by atoms with Gasteiger partial charge in [0.25, 0.3) is 10.1 Å². The van der Waals surface area contributed by atoms with Gasteiger partial charge in [-0.1, -0.05) is 49.4 Å². The molecule has 0 spiro atoms. The molecule has 5 nitrogen and oxygen atoms in total. The summed E-state index contributed by atoms with van der Waals surface area (Å²) >= 11 is 0. The highest BCUT2D eigenvalue weighted by Gasteiger charge is 2.16. The van der Waals surface area contributed by atoms with Crippen LogP contribution in [0, 0.1) is 6.92 Å². The van der Waals surface area contributed by atoms with Gasteiger partial charge in [0.2, 0.25) is 0 Å². The molecule has 1 atom stereocenters. The zero-order valence-corrected chi connectivity index (χ0v) is 20.9. The number of hydrogen-bond acceptors (Lipinski definition) is 5. The first-order valence-corrected chi connectivity index (χ1v) is 13.0. The summed E-state index contributed by atoms with van der Waals surface area (Å²) in [5.74, 6) is 0.920. The van der Waals surface area contributed by atoms with E-state index in [-0.39, 0.29) is 11.5 Å². The van der Waals surface area contributed by atoms with Crippen molar-refractivity contribution >= 4 is 20.9 Å². The van der Waals surface area contributed by atoms with Crippen LogP contribution in [0.5, 0.6) is 5.75 Å². The van der Waals surface area contributed by atoms with E-state index < -0.39 is 10.1 Å². The molecule has 0 aliphatic rings. The highest BCUT2D eigenvalue weighted by molar-refractivity contribution is 7.86. The van der Waals surface area contributed by atoms with E-state index in [1.54, 1.807) is 37.4 Å². The van der Waals surface area contributed by atoms with E-state index in [4.69, 9.17) is 8.92 Å². The Bertz CT molecular complexity index is 1150. The predicted molar refractivity (Wildman–Crippen MR) is 134 cm³/mol. The lowest BCUT2D eigenvalue weighted by molar-refractivity contribution is 0.203. The van der Waals surface area contributed by atoms with E-state index in [2.05, 4.69) is 50.1 Å². The van der Waals surface area contributed by atoms with Crippen LogP contribution in [0.15, 0.2) is 65.6 Å². The minimum Gasteiger partial charge on any atom is -0.496 e. The summed E-state index contributed by atoms with van der Waals surface area (Å²) < 4.78 is 35.1. The third kappa shape index (κ3) is 6.56. The van der Waals surface area contributed by atoms with E-state index in [0.29, 0.717) is 12.5 Å². The van der Waals surface area contributed by atoms with Crippen molar-refractivity contribution in [3.05, 3.63) is 71.8 Å². The van der Waals surface area contributed by atoms with Gasteiger partial charge in [-0.25, -0.2) is 0 Å². The Balaban J connectivity index is 1.50. The van der Waals surface area contributed by atoms with Gasteiger partial charge in [-0.3, -0.25) is 4.18 Å². The lowest BCUT2D eigenvalue weighted by Crippen LogP contribution is -2.33. The van der Waals surface area contributed by atoms with Crippen molar-refractivity contribution in [1.82, 2.24) is 4.90 Å². The molecule has 0 amide bonds. The van der Waals surface area contributed by atoms with Crippen LogP contribution in [0.3, 0.4) is 0 Å². The van der Waals surface area contributed by atoms with Crippen molar-refractivity contribution in [2.75, 3.05) is 27.3 Å². The minimum atomic E-state index is -3.68. The molecule has 3 rings (SSSR count). The molecule has 0 aliphatic carbocycles. The van der Waals surface area contributed by atoms with Gasteiger partial charge in [0.15, 0.2) is 0 Å². The number of benzene rings is 3. The van der Waals surface area contributed by atoms with Crippen molar-refractivity contribution in [1.29, 1.82) is 0 Å². The van der Waals surface area contributed by atoms with Gasteiger partial charge in [-0.05, 0) is 79.8 Å². The quantitative estimate of drug-likeness (QED) is 0.255. The Labute approximate surface area is 198 Å². The largest absolute Gasteiger partial charge is 0.496 e. The third-order valence-corrected chi connectivity index (χ3v) is 7.64. The average molecular weight is 470 g/mol. The summed E-state index contributed by atoms with van der Waals surface area (Å²) in [4.78, 5) is 2.52. The molecule has 3 aromatic carbocycles. The number of aryl methyl sites for hydroxylation is 2. The number of ether oxygens (including phenoxy) is 1. The highest BCUT2D eigenvalue weighted by Crippen LogP contribution is 2.28. The Morgan fingerprint density at radius 1 is 1.03 bits per heavy atom. The van der Waals surface area contributed by atoms with Gasteiger partial charge < -0.3 is 9.64 Å². The molecule has 0 heterocycles. The second-order valence-electron chi connectivity index (χ2n) is 8.47. The van der Waals surface area contributed by atoms with E-state index in [1.807, 2.05) is 6.07 Å². The van der Waals surface area contributed by atoms with Gasteiger partial charge in [0.1, 0.15) is 5.75 Å². The smallest absolute Gasteiger partial charge is 0.296 e. The first-order chi connectivity index (χ1) is 15.9. The topological polar surface area (TPSA) is 55.8 Å². The van der Waals surface area contributed by atoms with Crippen LogP contribution in [0.25, 0.3) is 10.8 Å². The third-order valence-electron chi connectivity index (χ3n) is 6.31. The zero-order chi connectivity index (χ0) is 23.8. The molecule has 0 fully saturated rings. The Morgan fingerprint density at radius 3 is 2.48 bits per heavy atom.